The summed E-state index contributed by atoms with van der Waals surface area (Å²) in [5, 5.41) is 4.91. The Morgan fingerprint density at radius 1 is 1.00 bits per heavy atom. The zero-order valence-corrected chi connectivity index (χ0v) is 18.6. The van der Waals surface area contributed by atoms with E-state index in [1.165, 1.54) is 5.56 Å². The maximum absolute atomic E-state index is 12.7. The summed E-state index contributed by atoms with van der Waals surface area (Å²) in [5.74, 6) is 0.280. The second kappa shape index (κ2) is 10.2. The standard InChI is InChI=1S/C23H31N3O3S/c1-18(2)23(19-9-5-3-6-10-19)24-17-22(27)25-20-11-13-21(14-12-20)30(28,29)26-15-7-4-8-16-26/h3,5-6,9-14,18,23-24H,4,7-8,15-17H2,1-2H3,(H,25,27)/p+1/t23-/m0/s1. The van der Waals surface area contributed by atoms with Crippen LogP contribution in [0.1, 0.15) is 44.7 Å². The summed E-state index contributed by atoms with van der Waals surface area (Å²) < 4.78 is 27.0. The predicted molar refractivity (Wildman–Crippen MR) is 118 cm³/mol. The number of carbonyl (C=O) groups is 1. The molecule has 1 heterocycles. The molecule has 1 amide bonds. The van der Waals surface area contributed by atoms with Crippen LogP contribution in [0.15, 0.2) is 59.5 Å². The summed E-state index contributed by atoms with van der Waals surface area (Å²) in [6.07, 6.45) is 2.89. The van der Waals surface area contributed by atoms with E-state index in [9.17, 15) is 13.2 Å². The molecule has 2 aromatic carbocycles. The fourth-order valence-corrected chi connectivity index (χ4v) is 5.40. The van der Waals surface area contributed by atoms with E-state index < -0.39 is 10.0 Å². The number of rotatable bonds is 8. The third-order valence-corrected chi connectivity index (χ3v) is 7.46. The minimum Gasteiger partial charge on any atom is -0.332 e. The van der Waals surface area contributed by atoms with Gasteiger partial charge in [0.2, 0.25) is 10.0 Å². The van der Waals surface area contributed by atoms with Gasteiger partial charge in [-0.1, -0.05) is 50.6 Å². The Morgan fingerprint density at radius 2 is 1.63 bits per heavy atom. The molecule has 162 valence electrons. The number of carbonyl (C=O) groups excluding carboxylic acids is 1. The number of hydrogen-bond acceptors (Lipinski definition) is 3. The fourth-order valence-electron chi connectivity index (χ4n) is 3.88. The first-order valence-corrected chi connectivity index (χ1v) is 12.1. The van der Waals surface area contributed by atoms with Crippen LogP contribution in [-0.2, 0) is 14.8 Å². The Balaban J connectivity index is 1.58. The molecule has 0 spiro atoms. The van der Waals surface area contributed by atoms with Crippen LogP contribution in [0.4, 0.5) is 5.69 Å². The van der Waals surface area contributed by atoms with Crippen LogP contribution >= 0.6 is 0 Å². The Bertz CT molecular complexity index is 922. The van der Waals surface area contributed by atoms with Gasteiger partial charge in [0, 0.05) is 30.3 Å². The van der Waals surface area contributed by atoms with Crippen molar-refractivity contribution in [2.45, 2.75) is 44.0 Å². The number of nitrogens with two attached hydrogens (primary N) is 1. The highest BCUT2D eigenvalue weighted by atomic mass is 32.2. The molecule has 0 aromatic heterocycles. The van der Waals surface area contributed by atoms with Crippen molar-refractivity contribution < 1.29 is 18.5 Å². The molecule has 0 radical (unpaired) electrons. The van der Waals surface area contributed by atoms with Gasteiger partial charge in [0.25, 0.3) is 5.91 Å². The molecule has 2 aromatic rings. The third-order valence-electron chi connectivity index (χ3n) is 5.55. The van der Waals surface area contributed by atoms with Crippen molar-refractivity contribution in [1.82, 2.24) is 4.31 Å². The fraction of sp³-hybridized carbons (Fsp3) is 0.435. The van der Waals surface area contributed by atoms with Crippen molar-refractivity contribution in [3.05, 3.63) is 60.2 Å². The largest absolute Gasteiger partial charge is 0.332 e. The van der Waals surface area contributed by atoms with E-state index in [1.54, 1.807) is 28.6 Å². The van der Waals surface area contributed by atoms with Crippen LogP contribution in [0.25, 0.3) is 0 Å². The highest BCUT2D eigenvalue weighted by Crippen LogP contribution is 2.22. The van der Waals surface area contributed by atoms with Crippen LogP contribution in [0.3, 0.4) is 0 Å². The first-order chi connectivity index (χ1) is 14.4. The van der Waals surface area contributed by atoms with E-state index in [0.717, 1.165) is 19.3 Å². The number of nitrogens with zero attached hydrogens (tertiary/aromatic N) is 1. The molecule has 7 heteroatoms. The molecular formula is C23H32N3O3S+. The molecule has 3 N–H and O–H groups in total. The van der Waals surface area contributed by atoms with E-state index in [1.807, 2.05) is 23.5 Å². The first-order valence-electron chi connectivity index (χ1n) is 10.7. The van der Waals surface area contributed by atoms with Crippen LogP contribution in [0, 0.1) is 5.92 Å². The highest BCUT2D eigenvalue weighted by molar-refractivity contribution is 7.89. The quantitative estimate of drug-likeness (QED) is 0.676. The number of benzene rings is 2. The Kier molecular flexibility index (Phi) is 7.64. The summed E-state index contributed by atoms with van der Waals surface area (Å²) in [5.41, 5.74) is 1.80. The van der Waals surface area contributed by atoms with Crippen molar-refractivity contribution in [3.8, 4) is 0 Å². The topological polar surface area (TPSA) is 83.1 Å². The van der Waals surface area contributed by atoms with Gasteiger partial charge in [-0.05, 0) is 37.1 Å². The molecule has 0 bridgehead atoms. The minimum atomic E-state index is -3.45. The molecular weight excluding hydrogens is 398 g/mol. The van der Waals surface area contributed by atoms with Gasteiger partial charge in [-0.25, -0.2) is 8.42 Å². The smallest absolute Gasteiger partial charge is 0.279 e. The SMILES string of the molecule is CC(C)[C@H]([NH2+]CC(=O)Nc1ccc(S(=O)(=O)N2CCCCC2)cc1)c1ccccc1. The molecule has 30 heavy (non-hydrogen) atoms. The summed E-state index contributed by atoms with van der Waals surface area (Å²) in [7, 11) is -3.45. The lowest BCUT2D eigenvalue weighted by Gasteiger charge is -2.25. The number of anilines is 1. The average molecular weight is 431 g/mol. The molecule has 0 saturated carbocycles. The second-order valence-electron chi connectivity index (χ2n) is 8.16. The number of nitrogens with one attached hydrogen (secondary N) is 1. The summed E-state index contributed by atoms with van der Waals surface area (Å²) >= 11 is 0. The van der Waals surface area contributed by atoms with Gasteiger partial charge in [0.1, 0.15) is 6.04 Å². The van der Waals surface area contributed by atoms with E-state index in [-0.39, 0.29) is 16.8 Å². The number of sulfonamides is 1. The van der Waals surface area contributed by atoms with E-state index in [4.69, 9.17) is 0 Å². The molecule has 1 aliphatic rings. The zero-order chi connectivity index (χ0) is 21.6. The van der Waals surface area contributed by atoms with Gasteiger partial charge in [-0.2, -0.15) is 4.31 Å². The second-order valence-corrected chi connectivity index (χ2v) is 10.1. The summed E-state index contributed by atoms with van der Waals surface area (Å²) in [4.78, 5) is 12.7. The highest BCUT2D eigenvalue weighted by Gasteiger charge is 2.26. The third kappa shape index (κ3) is 5.68. The summed E-state index contributed by atoms with van der Waals surface area (Å²) in [6.45, 7) is 5.75. The van der Waals surface area contributed by atoms with Gasteiger partial charge in [0.15, 0.2) is 6.54 Å². The molecule has 0 aliphatic carbocycles. The summed E-state index contributed by atoms with van der Waals surface area (Å²) in [6, 6.07) is 16.8. The number of hydrogen-bond donors (Lipinski definition) is 2. The number of quaternary nitrogens is 1. The zero-order valence-electron chi connectivity index (χ0n) is 17.8. The van der Waals surface area contributed by atoms with Crippen molar-refractivity contribution in [1.29, 1.82) is 0 Å². The molecule has 6 nitrogen and oxygen atoms in total. The molecule has 1 fully saturated rings. The van der Waals surface area contributed by atoms with Crippen LogP contribution in [-0.4, -0.2) is 38.3 Å². The Hall–Kier alpha value is -2.22. The maximum atomic E-state index is 12.7. The monoisotopic (exact) mass is 430 g/mol. The number of piperidine rings is 1. The molecule has 0 unspecified atom stereocenters. The van der Waals surface area contributed by atoms with Crippen molar-refractivity contribution >= 4 is 21.6 Å². The molecule has 3 rings (SSSR count). The minimum absolute atomic E-state index is 0.108. The predicted octanol–water partition coefficient (Wildman–Crippen LogP) is 2.76. The van der Waals surface area contributed by atoms with Gasteiger partial charge < -0.3 is 10.6 Å². The lowest BCUT2D eigenvalue weighted by molar-refractivity contribution is -0.692. The van der Waals surface area contributed by atoms with Crippen LogP contribution in [0.5, 0.6) is 0 Å². The maximum Gasteiger partial charge on any atom is 0.279 e. The van der Waals surface area contributed by atoms with Crippen molar-refractivity contribution in [2.75, 3.05) is 25.0 Å². The van der Waals surface area contributed by atoms with E-state index >= 15 is 0 Å². The van der Waals surface area contributed by atoms with Gasteiger partial charge in [-0.15, -0.1) is 0 Å². The van der Waals surface area contributed by atoms with E-state index in [2.05, 4.69) is 31.3 Å². The lowest BCUT2D eigenvalue weighted by Crippen LogP contribution is -2.88. The average Bonchev–Trinajstić information content (AvgIpc) is 2.75. The van der Waals surface area contributed by atoms with E-state index in [0.29, 0.717) is 31.2 Å². The lowest BCUT2D eigenvalue weighted by atomic mass is 9.96. The number of amides is 1. The van der Waals surface area contributed by atoms with Crippen LogP contribution < -0.4 is 10.6 Å². The Labute approximate surface area is 179 Å². The molecule has 1 atom stereocenters. The van der Waals surface area contributed by atoms with Gasteiger partial charge >= 0.3 is 0 Å². The van der Waals surface area contributed by atoms with Crippen molar-refractivity contribution in [2.24, 2.45) is 5.92 Å². The molecule has 1 aliphatic heterocycles. The van der Waals surface area contributed by atoms with Gasteiger partial charge in [0.05, 0.1) is 4.90 Å². The van der Waals surface area contributed by atoms with Crippen LogP contribution in [0.2, 0.25) is 0 Å². The van der Waals surface area contributed by atoms with Crippen molar-refractivity contribution in [3.63, 3.8) is 0 Å². The first kappa shape index (κ1) is 22.5. The Morgan fingerprint density at radius 3 is 2.23 bits per heavy atom. The van der Waals surface area contributed by atoms with Gasteiger partial charge in [-0.3, -0.25) is 4.79 Å². The normalized spacial score (nSPS) is 16.4. The molecule has 1 saturated heterocycles.